The van der Waals surface area contributed by atoms with Gasteiger partial charge in [-0.05, 0) is 0 Å². The Morgan fingerprint density at radius 2 is 1.44 bits per heavy atom. The third kappa shape index (κ3) is 9.35. The third-order valence-electron chi connectivity index (χ3n) is 10.4. The fourth-order valence-electron chi connectivity index (χ4n) is 7.17. The molecule has 0 fully saturated rings. The maximum absolute atomic E-state index is 6.54. The summed E-state index contributed by atoms with van der Waals surface area (Å²) in [7, 11) is 1.63. The summed E-state index contributed by atoms with van der Waals surface area (Å²) in [4.78, 5) is 24.6. The molecule has 0 N–H and O–H groups in total. The van der Waals surface area contributed by atoms with E-state index in [1.165, 1.54) is 0 Å². The standard InChI is InChI=1S/C50H48B4N6O2/c1-9-17-40-44(31-53-7)62-50(56-40)60-42(25-27-52-6)38(10-2)39(45(60)54-8)29-33(4)32(3)28-37(24-26-51-5)49-55-41-23-22-36(30-43(41)61-49)48-58-46(34-18-13-11-14-19-34)57-47(59-48)35-20-15-12-16-21-35/h9-31,52,54H,2H2,1,3-8H3/b17-9-,27-25-,32-28+,33-29+,37-24+. The van der Waals surface area contributed by atoms with Crippen LogP contribution in [0.25, 0.3) is 81.2 Å². The maximum atomic E-state index is 6.54. The van der Waals surface area contributed by atoms with Crippen LogP contribution in [0, 0.1) is 0 Å². The van der Waals surface area contributed by atoms with Gasteiger partial charge in [-0.15, -0.1) is 0 Å². The molecule has 0 radical (unpaired) electrons. The van der Waals surface area contributed by atoms with Crippen LogP contribution < -0.4 is 5.59 Å². The van der Waals surface area contributed by atoms with E-state index in [4.69, 9.17) is 33.8 Å². The van der Waals surface area contributed by atoms with Crippen LogP contribution in [-0.2, 0) is 0 Å². The van der Waals surface area contributed by atoms with E-state index in [9.17, 15) is 0 Å². The van der Waals surface area contributed by atoms with Gasteiger partial charge in [0.25, 0.3) is 0 Å². The first kappa shape index (κ1) is 43.2. The normalized spacial score (nSPS) is 12.6. The van der Waals surface area contributed by atoms with Crippen molar-refractivity contribution in [2.75, 3.05) is 0 Å². The van der Waals surface area contributed by atoms with Crippen molar-refractivity contribution in [1.82, 2.24) is 29.5 Å². The summed E-state index contributed by atoms with van der Waals surface area (Å²) < 4.78 is 15.1. The molecule has 0 amide bonds. The van der Waals surface area contributed by atoms with Crippen molar-refractivity contribution in [3.63, 3.8) is 0 Å². The molecule has 0 aliphatic heterocycles. The minimum atomic E-state index is 0.505. The van der Waals surface area contributed by atoms with Crippen molar-refractivity contribution in [2.24, 2.45) is 0 Å². The minimum absolute atomic E-state index is 0.505. The van der Waals surface area contributed by atoms with Crippen LogP contribution in [-0.4, -0.2) is 69.8 Å². The predicted molar refractivity (Wildman–Crippen MR) is 269 cm³/mol. The Kier molecular flexibility index (Phi) is 14.0. The van der Waals surface area contributed by atoms with Crippen molar-refractivity contribution < 1.29 is 8.83 Å². The predicted octanol–water partition coefficient (Wildman–Crippen LogP) is 9.92. The van der Waals surface area contributed by atoms with Gasteiger partial charge in [0.05, 0.1) is 0 Å². The number of rotatable bonds is 15. The first-order chi connectivity index (χ1) is 30.3. The zero-order valence-electron chi connectivity index (χ0n) is 36.6. The van der Waals surface area contributed by atoms with Crippen molar-refractivity contribution in [3.05, 3.63) is 155 Å². The quantitative estimate of drug-likeness (QED) is 0.0752. The topological polar surface area (TPSA) is 95.7 Å². The van der Waals surface area contributed by atoms with Gasteiger partial charge >= 0.3 is 308 Å². The Balaban J connectivity index is 1.28. The molecule has 7 rings (SSSR count). The third-order valence-corrected chi connectivity index (χ3v) is 10.4. The average Bonchev–Trinajstić information content (AvgIpc) is 4.00. The number of oxazole rings is 2. The van der Waals surface area contributed by atoms with E-state index in [1.54, 1.807) is 0 Å². The monoisotopic (exact) mass is 808 g/mol. The van der Waals surface area contributed by atoms with Crippen LogP contribution in [0.1, 0.15) is 54.9 Å². The summed E-state index contributed by atoms with van der Waals surface area (Å²) in [6, 6.07) is 26.3. The zero-order chi connectivity index (χ0) is 43.6. The summed E-state index contributed by atoms with van der Waals surface area (Å²) in [5.74, 6) is 9.06. The van der Waals surface area contributed by atoms with E-state index in [1.807, 2.05) is 150 Å². The molecule has 62 heavy (non-hydrogen) atoms. The van der Waals surface area contributed by atoms with Crippen LogP contribution in [0.5, 0.6) is 0 Å². The Hall–Kier alpha value is -6.93. The molecule has 0 saturated carbocycles. The van der Waals surface area contributed by atoms with Gasteiger partial charge in [-0.3, -0.25) is 0 Å². The second-order valence-electron chi connectivity index (χ2n) is 14.7. The van der Waals surface area contributed by atoms with E-state index in [-0.39, 0.29) is 0 Å². The molecule has 4 heterocycles. The van der Waals surface area contributed by atoms with Crippen LogP contribution in [0.15, 0.2) is 130 Å². The van der Waals surface area contributed by atoms with Gasteiger partial charge in [-0.1, -0.05) is 60.7 Å². The Bertz CT molecular complexity index is 2860. The van der Waals surface area contributed by atoms with Crippen molar-refractivity contribution in [3.8, 4) is 40.2 Å². The summed E-state index contributed by atoms with van der Waals surface area (Å²) in [5, 5.41) is 0. The van der Waals surface area contributed by atoms with E-state index in [0.29, 0.717) is 40.7 Å². The number of benzene rings is 3. The first-order valence-electron chi connectivity index (χ1n) is 21.1. The average molecular weight is 808 g/mol. The molecule has 4 aromatic heterocycles. The zero-order valence-corrected chi connectivity index (χ0v) is 36.6. The van der Waals surface area contributed by atoms with Crippen LogP contribution in [0.3, 0.4) is 0 Å². The van der Waals surface area contributed by atoms with E-state index in [2.05, 4.69) is 62.8 Å². The van der Waals surface area contributed by atoms with Gasteiger partial charge in [0, 0.05) is 0 Å². The molecule has 0 atom stereocenters. The van der Waals surface area contributed by atoms with E-state index >= 15 is 0 Å². The number of allylic oxidation sites excluding steroid dienone is 6. The molecular weight excluding hydrogens is 760 g/mol. The molecule has 7 aromatic rings. The molecular formula is C50H48B4N6O2. The van der Waals surface area contributed by atoms with Crippen LogP contribution >= 0.6 is 0 Å². The summed E-state index contributed by atoms with van der Waals surface area (Å²) in [6.45, 7) is 22.7. The number of hydrogen-bond acceptors (Lipinski definition) is 7. The van der Waals surface area contributed by atoms with Gasteiger partial charge in [0.15, 0.2) is 0 Å². The van der Waals surface area contributed by atoms with Gasteiger partial charge < -0.3 is 0 Å². The second-order valence-corrected chi connectivity index (χ2v) is 14.7. The molecule has 0 aliphatic rings. The molecule has 0 aliphatic carbocycles. The Morgan fingerprint density at radius 1 is 0.758 bits per heavy atom. The Morgan fingerprint density at radius 3 is 2.03 bits per heavy atom. The fraction of sp³-hybridized carbons (Fsp3) is 0.140. The molecule has 8 nitrogen and oxygen atoms in total. The molecule has 3 aromatic carbocycles. The molecule has 302 valence electrons. The van der Waals surface area contributed by atoms with Crippen molar-refractivity contribution >= 4 is 86.9 Å². The summed E-state index contributed by atoms with van der Waals surface area (Å²) in [5.41, 5.74) is 11.9. The fourth-order valence-corrected chi connectivity index (χ4v) is 7.17. The van der Waals surface area contributed by atoms with Crippen molar-refractivity contribution in [2.45, 2.75) is 48.1 Å². The molecule has 0 spiro atoms. The van der Waals surface area contributed by atoms with E-state index < -0.39 is 0 Å². The summed E-state index contributed by atoms with van der Waals surface area (Å²) >= 11 is 0. The second kappa shape index (κ2) is 20.1. The van der Waals surface area contributed by atoms with Gasteiger partial charge in [0.2, 0.25) is 0 Å². The van der Waals surface area contributed by atoms with Gasteiger partial charge in [-0.2, -0.15) is 0 Å². The number of hydrogen-bond donors (Lipinski definition) is 0. The van der Waals surface area contributed by atoms with E-state index in [0.717, 1.165) is 81.6 Å². The molecule has 0 saturated heterocycles. The van der Waals surface area contributed by atoms with Crippen molar-refractivity contribution in [1.29, 1.82) is 0 Å². The molecule has 0 unspecified atom stereocenters. The number of fused-ring (bicyclic) bond motifs is 1. The SMILES string of the molecule is C=Cc1c(/C=C(C)/C(C)=C/C(=C\C=B/C)c2nc3ccc(-c4nc(-c5ccccc5)nc(-c5ccccc5)n4)cc3o2)c(BC)n(-c2nc(/C=C\C)c(/C=B\C)o2)c1/C=C\BC. The molecule has 12 heteroatoms. The van der Waals surface area contributed by atoms with Gasteiger partial charge in [0.1, 0.15) is 0 Å². The first-order valence-corrected chi connectivity index (χ1v) is 21.1. The number of aromatic nitrogens is 6. The van der Waals surface area contributed by atoms with Crippen LogP contribution in [0.2, 0.25) is 27.3 Å². The van der Waals surface area contributed by atoms with Crippen LogP contribution in [0.4, 0.5) is 0 Å². The Labute approximate surface area is 367 Å². The van der Waals surface area contributed by atoms with Gasteiger partial charge in [-0.25, -0.2) is 0 Å². The molecule has 0 bridgehead atoms. The number of nitrogens with zero attached hydrogens (tertiary/aromatic N) is 6. The summed E-state index contributed by atoms with van der Waals surface area (Å²) in [6.07, 6.45) is 14.4.